The van der Waals surface area contributed by atoms with E-state index in [1.807, 2.05) is 0 Å². The minimum absolute atomic E-state index is 0.0353. The lowest BCUT2D eigenvalue weighted by molar-refractivity contribution is -0.140. The number of carbonyl (C=O) groups is 1. The fraction of sp³-hybridized carbons (Fsp3) is 0.261. The number of sulfonamides is 1. The summed E-state index contributed by atoms with van der Waals surface area (Å²) in [5.74, 6) is -2.96. The second kappa shape index (κ2) is 10.1. The molecule has 2 atom stereocenters. The Morgan fingerprint density at radius 2 is 1.76 bits per heavy atom. The SMILES string of the molecule is O=C(NCc1cc(-c2ccc(C(F)(F)F)c(F)c2)ncn1)[C@@H]1C[C@@H](F)CN1S(=O)(=O)c1ccc(F)cc1. The molecule has 0 aliphatic carbocycles. The monoisotopic (exact) mass is 544 g/mol. The van der Waals surface area contributed by atoms with Gasteiger partial charge in [-0.25, -0.2) is 31.6 Å². The van der Waals surface area contributed by atoms with Crippen LogP contribution in [0.2, 0.25) is 0 Å². The van der Waals surface area contributed by atoms with Gasteiger partial charge in [0.05, 0.1) is 28.4 Å². The summed E-state index contributed by atoms with van der Waals surface area (Å²) in [6.07, 6.45) is -5.80. The number of aromatic nitrogens is 2. The molecule has 2 aromatic carbocycles. The zero-order valence-electron chi connectivity index (χ0n) is 18.7. The van der Waals surface area contributed by atoms with Gasteiger partial charge in [-0.3, -0.25) is 4.79 Å². The molecule has 2 heterocycles. The van der Waals surface area contributed by atoms with Crippen molar-refractivity contribution < 1.29 is 39.6 Å². The van der Waals surface area contributed by atoms with Gasteiger partial charge in [-0.15, -0.1) is 0 Å². The van der Waals surface area contributed by atoms with Gasteiger partial charge in [-0.05, 0) is 42.5 Å². The van der Waals surface area contributed by atoms with Crippen molar-refractivity contribution in [3.63, 3.8) is 0 Å². The van der Waals surface area contributed by atoms with Gasteiger partial charge in [0.25, 0.3) is 0 Å². The summed E-state index contributed by atoms with van der Waals surface area (Å²) in [4.78, 5) is 20.3. The van der Waals surface area contributed by atoms with Crippen molar-refractivity contribution in [3.05, 3.63) is 77.8 Å². The van der Waals surface area contributed by atoms with E-state index in [9.17, 15) is 39.6 Å². The van der Waals surface area contributed by atoms with Gasteiger partial charge in [-0.2, -0.15) is 17.5 Å². The van der Waals surface area contributed by atoms with Gasteiger partial charge in [-0.1, -0.05) is 6.07 Å². The Labute approximate surface area is 207 Å². The van der Waals surface area contributed by atoms with E-state index in [1.165, 1.54) is 6.07 Å². The first-order valence-corrected chi connectivity index (χ1v) is 12.2. The summed E-state index contributed by atoms with van der Waals surface area (Å²) in [7, 11) is -4.30. The van der Waals surface area contributed by atoms with Crippen LogP contribution in [0.15, 0.2) is 59.8 Å². The molecule has 1 fully saturated rings. The lowest BCUT2D eigenvalue weighted by Crippen LogP contribution is -2.45. The lowest BCUT2D eigenvalue weighted by atomic mass is 10.1. The molecular weight excluding hydrogens is 526 g/mol. The first-order valence-electron chi connectivity index (χ1n) is 10.7. The molecule has 14 heteroatoms. The molecular formula is C23H18F6N4O3S. The van der Waals surface area contributed by atoms with Gasteiger partial charge < -0.3 is 5.32 Å². The maximum Gasteiger partial charge on any atom is 0.419 e. The third kappa shape index (κ3) is 5.74. The number of carbonyl (C=O) groups excluding carboxylic acids is 1. The number of nitrogens with one attached hydrogen (secondary N) is 1. The molecule has 0 spiro atoms. The molecule has 4 rings (SSSR count). The van der Waals surface area contributed by atoms with E-state index in [0.717, 1.165) is 36.7 Å². The summed E-state index contributed by atoms with van der Waals surface area (Å²) in [6.45, 7) is -0.815. The van der Waals surface area contributed by atoms with Crippen molar-refractivity contribution >= 4 is 15.9 Å². The van der Waals surface area contributed by atoms with Gasteiger partial charge in [0.15, 0.2) is 0 Å². The molecule has 1 N–H and O–H groups in total. The molecule has 1 amide bonds. The van der Waals surface area contributed by atoms with Crippen molar-refractivity contribution in [1.82, 2.24) is 19.6 Å². The molecule has 0 radical (unpaired) electrons. The van der Waals surface area contributed by atoms with Gasteiger partial charge in [0.2, 0.25) is 15.9 Å². The Morgan fingerprint density at radius 1 is 1.05 bits per heavy atom. The molecule has 0 saturated carbocycles. The summed E-state index contributed by atoms with van der Waals surface area (Å²) in [5, 5.41) is 2.46. The molecule has 7 nitrogen and oxygen atoms in total. The normalized spacial score (nSPS) is 18.6. The Bertz CT molecular complexity index is 1420. The number of nitrogens with zero attached hydrogens (tertiary/aromatic N) is 3. The Balaban J connectivity index is 1.48. The van der Waals surface area contributed by atoms with Gasteiger partial charge in [0, 0.05) is 18.5 Å². The highest BCUT2D eigenvalue weighted by molar-refractivity contribution is 7.89. The third-order valence-corrected chi connectivity index (χ3v) is 7.55. The van der Waals surface area contributed by atoms with Crippen LogP contribution in [0.5, 0.6) is 0 Å². The summed E-state index contributed by atoms with van der Waals surface area (Å²) >= 11 is 0. The fourth-order valence-corrected chi connectivity index (χ4v) is 5.48. The maximum absolute atomic E-state index is 14.2. The highest BCUT2D eigenvalue weighted by atomic mass is 32.2. The first-order chi connectivity index (χ1) is 17.4. The average molecular weight is 544 g/mol. The van der Waals surface area contributed by atoms with E-state index in [1.54, 1.807) is 0 Å². The van der Waals surface area contributed by atoms with E-state index in [0.29, 0.717) is 16.4 Å². The predicted octanol–water partition coefficient (Wildman–Crippen LogP) is 3.86. The molecule has 0 bridgehead atoms. The minimum atomic E-state index is -4.86. The molecule has 196 valence electrons. The van der Waals surface area contributed by atoms with Crippen LogP contribution in [0.25, 0.3) is 11.3 Å². The Kier molecular flexibility index (Phi) is 7.24. The molecule has 37 heavy (non-hydrogen) atoms. The summed E-state index contributed by atoms with van der Waals surface area (Å²) < 4.78 is 106. The fourth-order valence-electron chi connectivity index (χ4n) is 3.85. The predicted molar refractivity (Wildman–Crippen MR) is 118 cm³/mol. The number of amides is 1. The standard InChI is InChI=1S/C23H18F6N4O3S/c24-14-2-4-17(5-3-14)37(35,36)33-11-15(25)8-21(33)22(34)30-10-16-9-20(32-12-31-16)13-1-6-18(19(26)7-13)23(27,28)29/h1-7,9,12,15,21H,8,10-11H2,(H,30,34)/t15-,21+/m1/s1. The van der Waals surface area contributed by atoms with Crippen molar-refractivity contribution in [1.29, 1.82) is 0 Å². The van der Waals surface area contributed by atoms with E-state index < -0.39 is 64.5 Å². The molecule has 0 unspecified atom stereocenters. The number of halogens is 6. The van der Waals surface area contributed by atoms with Crippen molar-refractivity contribution in [3.8, 4) is 11.3 Å². The number of benzene rings is 2. The van der Waals surface area contributed by atoms with Crippen LogP contribution in [-0.4, -0.2) is 47.4 Å². The highest BCUT2D eigenvalue weighted by Gasteiger charge is 2.44. The molecule has 1 aliphatic rings. The quantitative estimate of drug-likeness (QED) is 0.476. The number of rotatable bonds is 6. The van der Waals surface area contributed by atoms with Crippen LogP contribution in [-0.2, 0) is 27.5 Å². The number of alkyl halides is 4. The van der Waals surface area contributed by atoms with Crippen LogP contribution in [0.1, 0.15) is 17.7 Å². The van der Waals surface area contributed by atoms with E-state index >= 15 is 0 Å². The molecule has 3 aromatic rings. The molecule has 1 saturated heterocycles. The van der Waals surface area contributed by atoms with Crippen LogP contribution in [0.4, 0.5) is 26.3 Å². The topological polar surface area (TPSA) is 92.3 Å². The lowest BCUT2D eigenvalue weighted by Gasteiger charge is -2.23. The largest absolute Gasteiger partial charge is 0.419 e. The van der Waals surface area contributed by atoms with Crippen LogP contribution in [0.3, 0.4) is 0 Å². The average Bonchev–Trinajstić information content (AvgIpc) is 3.25. The number of hydrogen-bond acceptors (Lipinski definition) is 5. The smallest absolute Gasteiger partial charge is 0.349 e. The van der Waals surface area contributed by atoms with Crippen molar-refractivity contribution in [2.45, 2.75) is 36.3 Å². The van der Waals surface area contributed by atoms with Crippen molar-refractivity contribution in [2.75, 3.05) is 6.54 Å². The minimum Gasteiger partial charge on any atom is -0.349 e. The van der Waals surface area contributed by atoms with Gasteiger partial charge >= 0.3 is 6.18 Å². The van der Waals surface area contributed by atoms with Crippen molar-refractivity contribution in [2.24, 2.45) is 0 Å². The second-order valence-electron chi connectivity index (χ2n) is 8.18. The maximum atomic E-state index is 14.2. The molecule has 1 aromatic heterocycles. The summed E-state index contributed by atoms with van der Waals surface area (Å²) in [5.41, 5.74) is -1.13. The summed E-state index contributed by atoms with van der Waals surface area (Å²) in [6, 6.07) is 6.10. The number of hydrogen-bond donors (Lipinski definition) is 1. The Hall–Kier alpha value is -3.52. The Morgan fingerprint density at radius 3 is 2.41 bits per heavy atom. The molecule has 1 aliphatic heterocycles. The van der Waals surface area contributed by atoms with Crippen LogP contribution < -0.4 is 5.32 Å². The van der Waals surface area contributed by atoms with Gasteiger partial charge in [0.1, 0.15) is 30.2 Å². The van der Waals surface area contributed by atoms with Crippen LogP contribution >= 0.6 is 0 Å². The first kappa shape index (κ1) is 26.5. The van der Waals surface area contributed by atoms with E-state index in [-0.39, 0.29) is 28.4 Å². The van der Waals surface area contributed by atoms with E-state index in [2.05, 4.69) is 15.3 Å². The highest BCUT2D eigenvalue weighted by Crippen LogP contribution is 2.33. The second-order valence-corrected chi connectivity index (χ2v) is 10.1. The van der Waals surface area contributed by atoms with Crippen LogP contribution in [0, 0.1) is 11.6 Å². The zero-order valence-corrected chi connectivity index (χ0v) is 19.5. The third-order valence-electron chi connectivity index (χ3n) is 5.67. The zero-order chi connectivity index (χ0) is 27.0. The van der Waals surface area contributed by atoms with E-state index in [4.69, 9.17) is 0 Å².